The molecule has 7 heteroatoms. The number of ketones is 1. The van der Waals surface area contributed by atoms with Crippen LogP contribution in [-0.2, 0) is 19.1 Å². The van der Waals surface area contributed by atoms with E-state index in [1.807, 2.05) is 0 Å². The number of aliphatic hydroxyl groups excluding tert-OH is 1. The van der Waals surface area contributed by atoms with E-state index in [4.69, 9.17) is 14.2 Å². The molecule has 1 heterocycles. The van der Waals surface area contributed by atoms with Gasteiger partial charge in [-0.25, -0.2) is 0 Å². The Morgan fingerprint density at radius 3 is 2.17 bits per heavy atom. The molecule has 1 saturated heterocycles. The number of hydrogen-bond donors (Lipinski definition) is 1. The summed E-state index contributed by atoms with van der Waals surface area (Å²) >= 11 is 0. The van der Waals surface area contributed by atoms with Crippen molar-refractivity contribution in [2.75, 3.05) is 27.9 Å². The van der Waals surface area contributed by atoms with Crippen molar-refractivity contribution in [1.82, 2.24) is 4.90 Å². The monoisotopic (exact) mass is 397 g/mol. The van der Waals surface area contributed by atoms with Gasteiger partial charge in [-0.3, -0.25) is 9.59 Å². The molecule has 1 aliphatic rings. The molecule has 1 amide bonds. The number of carbonyl (C=O) groups excluding carboxylic acids is 2. The fourth-order valence-electron chi connectivity index (χ4n) is 3.36. The minimum absolute atomic E-state index is 0.0253. The normalized spacial score (nSPS) is 18.5. The first kappa shape index (κ1) is 20.6. The van der Waals surface area contributed by atoms with Crippen LogP contribution in [0.4, 0.5) is 0 Å². The second-order valence-corrected chi connectivity index (χ2v) is 6.49. The molecule has 3 rings (SSSR count). The largest absolute Gasteiger partial charge is 0.507 e. The number of Topliss-reactive ketones (excluding diaryl/α,β-unsaturated/α-hetero) is 1. The fraction of sp³-hybridized carbons (Fsp3) is 0.273. The number of nitrogens with zero attached hydrogens (tertiary/aromatic N) is 1. The molecule has 0 unspecified atom stereocenters. The van der Waals surface area contributed by atoms with Crippen molar-refractivity contribution in [2.45, 2.75) is 12.3 Å². The standard InChI is InChI=1S/C22H23NO6/c1-27-16-11-9-14(10-12-16)19-18(20(24)15-7-5-4-6-8-15)21(25)22(26)23(19)13-17(28-2)29-3/h4-12,17,19,24H,13H2,1-3H3/t19-/m0/s1. The Morgan fingerprint density at radius 1 is 1.00 bits per heavy atom. The van der Waals surface area contributed by atoms with Gasteiger partial charge in [0.15, 0.2) is 6.29 Å². The number of benzene rings is 2. The Labute approximate surface area is 169 Å². The molecule has 7 nitrogen and oxygen atoms in total. The lowest BCUT2D eigenvalue weighted by Crippen LogP contribution is -2.38. The van der Waals surface area contributed by atoms with E-state index in [2.05, 4.69) is 0 Å². The third-order valence-corrected chi connectivity index (χ3v) is 4.89. The fourth-order valence-corrected chi connectivity index (χ4v) is 3.36. The van der Waals surface area contributed by atoms with Crippen LogP contribution in [0.2, 0.25) is 0 Å². The molecule has 0 radical (unpaired) electrons. The highest BCUT2D eigenvalue weighted by Crippen LogP contribution is 2.39. The second-order valence-electron chi connectivity index (χ2n) is 6.49. The van der Waals surface area contributed by atoms with Gasteiger partial charge in [0.1, 0.15) is 11.5 Å². The zero-order valence-corrected chi connectivity index (χ0v) is 16.5. The van der Waals surface area contributed by atoms with Gasteiger partial charge in [-0.15, -0.1) is 0 Å². The molecule has 1 aliphatic heterocycles. The second kappa shape index (κ2) is 8.89. The molecular weight excluding hydrogens is 374 g/mol. The number of methoxy groups -OCH3 is 3. The number of ether oxygens (including phenoxy) is 3. The Morgan fingerprint density at radius 2 is 1.62 bits per heavy atom. The van der Waals surface area contributed by atoms with Gasteiger partial charge in [-0.1, -0.05) is 42.5 Å². The summed E-state index contributed by atoms with van der Waals surface area (Å²) in [6.45, 7) is 0.0276. The minimum Gasteiger partial charge on any atom is -0.507 e. The minimum atomic E-state index is -0.783. The Hall–Kier alpha value is -3.16. The van der Waals surface area contributed by atoms with Crippen molar-refractivity contribution in [3.8, 4) is 5.75 Å². The van der Waals surface area contributed by atoms with Crippen molar-refractivity contribution in [2.24, 2.45) is 0 Å². The van der Waals surface area contributed by atoms with Gasteiger partial charge in [-0.2, -0.15) is 0 Å². The van der Waals surface area contributed by atoms with Crippen molar-refractivity contribution in [3.05, 3.63) is 71.3 Å². The first-order chi connectivity index (χ1) is 14.0. The lowest BCUT2D eigenvalue weighted by atomic mass is 9.95. The first-order valence-corrected chi connectivity index (χ1v) is 9.05. The van der Waals surface area contributed by atoms with Crippen molar-refractivity contribution in [1.29, 1.82) is 0 Å². The smallest absolute Gasteiger partial charge is 0.295 e. The van der Waals surface area contributed by atoms with Gasteiger partial charge in [0.25, 0.3) is 11.7 Å². The maximum absolute atomic E-state index is 12.9. The molecule has 29 heavy (non-hydrogen) atoms. The number of aliphatic hydroxyl groups is 1. The molecule has 0 bridgehead atoms. The Bertz CT molecular complexity index is 903. The summed E-state index contributed by atoms with van der Waals surface area (Å²) in [6, 6.07) is 14.9. The van der Waals surface area contributed by atoms with E-state index in [1.54, 1.807) is 61.7 Å². The van der Waals surface area contributed by atoms with Crippen LogP contribution in [0.15, 0.2) is 60.2 Å². The Balaban J connectivity index is 2.14. The van der Waals surface area contributed by atoms with Crippen molar-refractivity contribution < 1.29 is 28.9 Å². The van der Waals surface area contributed by atoms with E-state index in [0.717, 1.165) is 0 Å². The van der Waals surface area contributed by atoms with E-state index >= 15 is 0 Å². The molecule has 152 valence electrons. The Kier molecular flexibility index (Phi) is 6.31. The molecule has 0 saturated carbocycles. The third kappa shape index (κ3) is 4.01. The lowest BCUT2D eigenvalue weighted by molar-refractivity contribution is -0.149. The first-order valence-electron chi connectivity index (χ1n) is 9.05. The van der Waals surface area contributed by atoms with Crippen molar-refractivity contribution >= 4 is 17.4 Å². The van der Waals surface area contributed by atoms with E-state index in [9.17, 15) is 14.7 Å². The summed E-state index contributed by atoms with van der Waals surface area (Å²) in [5.41, 5.74) is 1.14. The SMILES string of the molecule is COc1ccc([C@H]2C(=C(O)c3ccccc3)C(=O)C(=O)N2CC(OC)OC)cc1. The molecular formula is C22H23NO6. The number of likely N-dealkylation sites (tertiary alicyclic amines) is 1. The van der Waals surface area contributed by atoms with Gasteiger partial charge in [0, 0.05) is 19.8 Å². The average molecular weight is 397 g/mol. The van der Waals surface area contributed by atoms with Crippen LogP contribution in [0.1, 0.15) is 17.2 Å². The summed E-state index contributed by atoms with van der Waals surface area (Å²) < 4.78 is 15.6. The van der Waals surface area contributed by atoms with E-state index in [0.29, 0.717) is 16.9 Å². The summed E-state index contributed by atoms with van der Waals surface area (Å²) in [5, 5.41) is 10.9. The van der Waals surface area contributed by atoms with E-state index in [-0.39, 0.29) is 17.9 Å². The van der Waals surface area contributed by atoms with Gasteiger partial charge in [0.05, 0.1) is 25.3 Å². The van der Waals surface area contributed by atoms with E-state index < -0.39 is 24.0 Å². The predicted octanol–water partition coefficient (Wildman–Crippen LogP) is 2.74. The van der Waals surface area contributed by atoms with Gasteiger partial charge in [-0.05, 0) is 17.7 Å². The molecule has 1 N–H and O–H groups in total. The van der Waals surface area contributed by atoms with Gasteiger partial charge >= 0.3 is 0 Å². The molecule has 1 atom stereocenters. The highest BCUT2D eigenvalue weighted by Gasteiger charge is 2.46. The molecule has 2 aromatic rings. The van der Waals surface area contributed by atoms with Crippen LogP contribution >= 0.6 is 0 Å². The number of carbonyl (C=O) groups is 2. The molecule has 2 aromatic carbocycles. The lowest BCUT2D eigenvalue weighted by Gasteiger charge is -2.28. The van der Waals surface area contributed by atoms with Gasteiger partial charge in [0.2, 0.25) is 0 Å². The summed E-state index contributed by atoms with van der Waals surface area (Å²) in [5.74, 6) is -1.06. The van der Waals surface area contributed by atoms with Crippen LogP contribution < -0.4 is 4.74 Å². The number of amides is 1. The molecule has 0 aromatic heterocycles. The summed E-state index contributed by atoms with van der Waals surface area (Å²) in [7, 11) is 4.46. The molecule has 0 aliphatic carbocycles. The molecule has 1 fully saturated rings. The quantitative estimate of drug-likeness (QED) is 0.335. The predicted molar refractivity (Wildman–Crippen MR) is 106 cm³/mol. The van der Waals surface area contributed by atoms with Crippen LogP contribution in [0.25, 0.3) is 5.76 Å². The molecule has 0 spiro atoms. The van der Waals surface area contributed by atoms with Crippen LogP contribution in [0, 0.1) is 0 Å². The highest BCUT2D eigenvalue weighted by atomic mass is 16.7. The maximum Gasteiger partial charge on any atom is 0.295 e. The van der Waals surface area contributed by atoms with Crippen LogP contribution in [0.5, 0.6) is 5.75 Å². The zero-order valence-electron chi connectivity index (χ0n) is 16.5. The topological polar surface area (TPSA) is 85.3 Å². The van der Waals surface area contributed by atoms with E-state index in [1.165, 1.54) is 19.1 Å². The highest BCUT2D eigenvalue weighted by molar-refractivity contribution is 6.46. The third-order valence-electron chi connectivity index (χ3n) is 4.89. The zero-order chi connectivity index (χ0) is 21.0. The van der Waals surface area contributed by atoms with Crippen LogP contribution in [-0.4, -0.2) is 55.9 Å². The summed E-state index contributed by atoms with van der Waals surface area (Å²) in [4.78, 5) is 27.1. The van der Waals surface area contributed by atoms with Gasteiger partial charge < -0.3 is 24.2 Å². The maximum atomic E-state index is 12.9. The number of rotatable bonds is 7. The summed E-state index contributed by atoms with van der Waals surface area (Å²) in [6.07, 6.45) is -0.717. The van der Waals surface area contributed by atoms with Crippen molar-refractivity contribution in [3.63, 3.8) is 0 Å². The average Bonchev–Trinajstić information content (AvgIpc) is 3.02. The van der Waals surface area contributed by atoms with Crippen LogP contribution in [0.3, 0.4) is 0 Å². The number of hydrogen-bond acceptors (Lipinski definition) is 6.